The molecule has 1 aromatic heterocycles. The Bertz CT molecular complexity index is 555. The van der Waals surface area contributed by atoms with Crippen LogP contribution in [0.15, 0.2) is 29.4 Å². The maximum Gasteiger partial charge on any atom is 0.191 e. The number of thioether (sulfide) groups is 1. The average Bonchev–Trinajstić information content (AvgIpc) is 2.29. The van der Waals surface area contributed by atoms with Gasteiger partial charge in [-0.25, -0.2) is 9.97 Å². The molecule has 1 heterocycles. The van der Waals surface area contributed by atoms with Crippen molar-refractivity contribution in [2.45, 2.75) is 10.9 Å². The number of anilines is 3. The molecule has 0 aliphatic carbocycles. The van der Waals surface area contributed by atoms with Gasteiger partial charge >= 0.3 is 0 Å². The van der Waals surface area contributed by atoms with Crippen LogP contribution in [-0.4, -0.2) is 15.1 Å². The maximum absolute atomic E-state index is 9.31. The molecule has 94 valence electrons. The van der Waals surface area contributed by atoms with E-state index in [1.54, 1.807) is 18.2 Å². The van der Waals surface area contributed by atoms with E-state index < -0.39 is 0 Å². The second-order valence-electron chi connectivity index (χ2n) is 3.68. The predicted molar refractivity (Wildman–Crippen MR) is 72.9 cm³/mol. The summed E-state index contributed by atoms with van der Waals surface area (Å²) < 4.78 is 0. The molecule has 0 saturated carbocycles. The second-order valence-corrected chi connectivity index (χ2v) is 4.62. The minimum absolute atomic E-state index is 0.0770. The van der Waals surface area contributed by atoms with Crippen molar-refractivity contribution in [1.82, 2.24) is 9.97 Å². The molecule has 0 aliphatic heterocycles. The molecule has 0 amide bonds. The van der Waals surface area contributed by atoms with Crippen molar-refractivity contribution in [3.63, 3.8) is 0 Å². The summed E-state index contributed by atoms with van der Waals surface area (Å²) >= 11 is 1.40. The first-order valence-corrected chi connectivity index (χ1v) is 6.13. The van der Waals surface area contributed by atoms with Gasteiger partial charge in [0.1, 0.15) is 17.4 Å². The Kier molecular flexibility index (Phi) is 3.42. The zero-order valence-corrected chi connectivity index (χ0v) is 10.3. The molecule has 2 aromatic rings. The van der Waals surface area contributed by atoms with Gasteiger partial charge in [0, 0.05) is 11.8 Å². The second kappa shape index (κ2) is 5.01. The minimum atomic E-state index is 0.0770. The van der Waals surface area contributed by atoms with Crippen LogP contribution in [0.3, 0.4) is 0 Å². The van der Waals surface area contributed by atoms with Crippen molar-refractivity contribution in [3.8, 4) is 5.75 Å². The van der Waals surface area contributed by atoms with E-state index in [0.717, 1.165) is 5.56 Å². The summed E-state index contributed by atoms with van der Waals surface area (Å²) in [6.07, 6.45) is 0. The van der Waals surface area contributed by atoms with Crippen molar-refractivity contribution in [2.75, 3.05) is 17.2 Å². The fourth-order valence-electron chi connectivity index (χ4n) is 1.37. The Morgan fingerprint density at radius 1 is 1.06 bits per heavy atom. The predicted octanol–water partition coefficient (Wildman–Crippen LogP) is 1.22. The van der Waals surface area contributed by atoms with E-state index in [1.165, 1.54) is 17.8 Å². The first kappa shape index (κ1) is 12.3. The molecule has 1 aromatic carbocycles. The highest BCUT2D eigenvalue weighted by Gasteiger charge is 2.04. The Balaban J connectivity index is 2.08. The van der Waals surface area contributed by atoms with E-state index in [0.29, 0.717) is 28.2 Å². The van der Waals surface area contributed by atoms with Crippen LogP contribution in [0, 0.1) is 0 Å². The zero-order valence-electron chi connectivity index (χ0n) is 9.50. The molecule has 0 atom stereocenters. The van der Waals surface area contributed by atoms with Crippen LogP contribution in [0.1, 0.15) is 5.56 Å². The van der Waals surface area contributed by atoms with Crippen molar-refractivity contribution >= 4 is 29.1 Å². The lowest BCUT2D eigenvalue weighted by molar-refractivity contribution is 0.478. The number of aromatic hydroxyl groups is 1. The zero-order chi connectivity index (χ0) is 13.1. The maximum atomic E-state index is 9.31. The van der Waals surface area contributed by atoms with E-state index in [1.807, 2.05) is 0 Å². The smallest absolute Gasteiger partial charge is 0.191 e. The molecular weight excluding hydrogens is 250 g/mol. The van der Waals surface area contributed by atoms with Crippen molar-refractivity contribution < 1.29 is 5.11 Å². The number of hydrogen-bond donors (Lipinski definition) is 4. The van der Waals surface area contributed by atoms with Crippen LogP contribution >= 0.6 is 11.8 Å². The van der Waals surface area contributed by atoms with Crippen LogP contribution in [0.4, 0.5) is 17.3 Å². The van der Waals surface area contributed by atoms with E-state index in [9.17, 15) is 5.11 Å². The standard InChI is InChI=1S/C11H13N5OS/c12-7-3-6(1-2-8(7)17)5-18-11-15-9(13)4-10(14)16-11/h1-4,17H,5,12H2,(H4,13,14,15,16). The molecular formula is C11H13N5OS. The Morgan fingerprint density at radius 2 is 1.72 bits per heavy atom. The Hall–Kier alpha value is -2.15. The number of phenolic OH excluding ortho intramolecular Hbond substituents is 1. The molecule has 18 heavy (non-hydrogen) atoms. The van der Waals surface area contributed by atoms with Gasteiger partial charge in [0.25, 0.3) is 0 Å². The Labute approximate surface area is 108 Å². The first-order valence-electron chi connectivity index (χ1n) is 5.15. The van der Waals surface area contributed by atoms with Crippen LogP contribution in [0.25, 0.3) is 0 Å². The number of nitrogens with two attached hydrogens (primary N) is 3. The molecule has 7 N–H and O–H groups in total. The lowest BCUT2D eigenvalue weighted by atomic mass is 10.2. The number of phenols is 1. The van der Waals surface area contributed by atoms with Crippen LogP contribution in [0.5, 0.6) is 5.75 Å². The van der Waals surface area contributed by atoms with Crippen LogP contribution in [-0.2, 0) is 5.75 Å². The fraction of sp³-hybridized carbons (Fsp3) is 0.0909. The average molecular weight is 263 g/mol. The summed E-state index contributed by atoms with van der Waals surface area (Å²) in [6, 6.07) is 6.55. The molecule has 0 aliphatic rings. The van der Waals surface area contributed by atoms with E-state index in [2.05, 4.69) is 9.97 Å². The summed E-state index contributed by atoms with van der Waals surface area (Å²) in [5, 5.41) is 9.83. The van der Waals surface area contributed by atoms with E-state index >= 15 is 0 Å². The third-order valence-corrected chi connectivity index (χ3v) is 3.12. The van der Waals surface area contributed by atoms with Crippen LogP contribution < -0.4 is 17.2 Å². The molecule has 0 unspecified atom stereocenters. The number of nitrogen functional groups attached to an aromatic ring is 3. The van der Waals surface area contributed by atoms with Gasteiger partial charge in [0.15, 0.2) is 5.16 Å². The number of aromatic nitrogens is 2. The van der Waals surface area contributed by atoms with E-state index in [-0.39, 0.29) is 5.75 Å². The number of rotatable bonds is 3. The molecule has 7 heteroatoms. The highest BCUT2D eigenvalue weighted by molar-refractivity contribution is 7.98. The van der Waals surface area contributed by atoms with Gasteiger partial charge in [-0.15, -0.1) is 0 Å². The fourth-order valence-corrected chi connectivity index (χ4v) is 2.18. The van der Waals surface area contributed by atoms with Crippen molar-refractivity contribution in [1.29, 1.82) is 0 Å². The summed E-state index contributed by atoms with van der Waals surface area (Å²) in [6.45, 7) is 0. The molecule has 0 spiro atoms. The lowest BCUT2D eigenvalue weighted by Crippen LogP contribution is -1.99. The highest BCUT2D eigenvalue weighted by Crippen LogP contribution is 2.25. The molecule has 0 fully saturated rings. The van der Waals surface area contributed by atoms with Gasteiger partial charge in [0.05, 0.1) is 5.69 Å². The molecule has 0 saturated heterocycles. The SMILES string of the molecule is Nc1cc(N)nc(SCc2ccc(O)c(N)c2)n1. The molecule has 6 nitrogen and oxygen atoms in total. The van der Waals surface area contributed by atoms with Gasteiger partial charge in [-0.2, -0.15) is 0 Å². The summed E-state index contributed by atoms with van der Waals surface area (Å²) in [4.78, 5) is 8.12. The molecule has 0 bridgehead atoms. The van der Waals surface area contributed by atoms with Gasteiger partial charge in [0.2, 0.25) is 0 Å². The highest BCUT2D eigenvalue weighted by atomic mass is 32.2. The Morgan fingerprint density at radius 3 is 2.33 bits per heavy atom. The lowest BCUT2D eigenvalue weighted by Gasteiger charge is -2.04. The van der Waals surface area contributed by atoms with Gasteiger partial charge in [-0.1, -0.05) is 17.8 Å². The van der Waals surface area contributed by atoms with Gasteiger partial charge in [-0.05, 0) is 17.7 Å². The summed E-state index contributed by atoms with van der Waals surface area (Å²) in [5.74, 6) is 1.38. The number of hydrogen-bond acceptors (Lipinski definition) is 7. The first-order chi connectivity index (χ1) is 8.54. The largest absolute Gasteiger partial charge is 0.506 e. The number of nitrogens with zero attached hydrogens (tertiary/aromatic N) is 2. The minimum Gasteiger partial charge on any atom is -0.506 e. The van der Waals surface area contributed by atoms with Crippen molar-refractivity contribution in [2.24, 2.45) is 0 Å². The summed E-state index contributed by atoms with van der Waals surface area (Å²) in [7, 11) is 0. The van der Waals surface area contributed by atoms with Crippen molar-refractivity contribution in [3.05, 3.63) is 29.8 Å². The summed E-state index contributed by atoms with van der Waals surface area (Å²) in [5.41, 5.74) is 18.1. The number of benzene rings is 1. The topological polar surface area (TPSA) is 124 Å². The molecule has 0 radical (unpaired) electrons. The van der Waals surface area contributed by atoms with E-state index in [4.69, 9.17) is 17.2 Å². The third kappa shape index (κ3) is 2.95. The molecule has 2 rings (SSSR count). The normalized spacial score (nSPS) is 10.4. The van der Waals surface area contributed by atoms with Gasteiger partial charge < -0.3 is 22.3 Å². The monoisotopic (exact) mass is 263 g/mol. The van der Waals surface area contributed by atoms with Gasteiger partial charge in [-0.3, -0.25) is 0 Å². The third-order valence-electron chi connectivity index (χ3n) is 2.21. The quantitative estimate of drug-likeness (QED) is 0.284. The van der Waals surface area contributed by atoms with Crippen LogP contribution in [0.2, 0.25) is 0 Å².